The van der Waals surface area contributed by atoms with Crippen LogP contribution in [0.2, 0.25) is 0 Å². The highest BCUT2D eigenvalue weighted by Gasteiger charge is 2.32. The van der Waals surface area contributed by atoms with E-state index in [1.807, 2.05) is 17.0 Å². The van der Waals surface area contributed by atoms with Crippen LogP contribution in [0.3, 0.4) is 0 Å². The number of aliphatic hydroxyl groups is 1. The number of likely N-dealkylation sites (tertiary alicyclic amines) is 1. The van der Waals surface area contributed by atoms with E-state index in [1.54, 1.807) is 0 Å². The third-order valence-corrected chi connectivity index (χ3v) is 5.11. The molecular formula is C17H23NO2S. The minimum atomic E-state index is 0.0746. The maximum atomic E-state index is 12.7. The molecule has 114 valence electrons. The second kappa shape index (κ2) is 7.11. The highest BCUT2D eigenvalue weighted by atomic mass is 32.1. The number of aliphatic hydroxyl groups excluding tert-OH is 1. The smallest absolute Gasteiger partial charge is 0.264 e. The van der Waals surface area contributed by atoms with Gasteiger partial charge in [-0.15, -0.1) is 11.3 Å². The van der Waals surface area contributed by atoms with Crippen molar-refractivity contribution in [2.75, 3.05) is 13.2 Å². The second-order valence-electron chi connectivity index (χ2n) is 5.96. The summed E-state index contributed by atoms with van der Waals surface area (Å²) in [6.07, 6.45) is 1.66. The molecule has 1 fully saturated rings. The van der Waals surface area contributed by atoms with Gasteiger partial charge in [-0.05, 0) is 37.3 Å². The number of nitrogens with zero attached hydrogens (tertiary/aromatic N) is 1. The molecule has 1 amide bonds. The summed E-state index contributed by atoms with van der Waals surface area (Å²) in [5, 5.41) is 8.73. The van der Waals surface area contributed by atoms with E-state index in [0.717, 1.165) is 16.3 Å². The topological polar surface area (TPSA) is 40.5 Å². The molecule has 1 aliphatic heterocycles. The Hall–Kier alpha value is -1.31. The van der Waals surface area contributed by atoms with Gasteiger partial charge in [0.1, 0.15) is 0 Å². The fraction of sp³-hybridized carbons (Fsp3) is 0.588. The molecule has 3 unspecified atom stereocenters. The average Bonchev–Trinajstić information content (AvgIpc) is 2.91. The van der Waals surface area contributed by atoms with Gasteiger partial charge in [0.25, 0.3) is 5.91 Å². The van der Waals surface area contributed by atoms with Gasteiger partial charge in [0.2, 0.25) is 0 Å². The molecule has 1 aliphatic rings. The highest BCUT2D eigenvalue weighted by Crippen LogP contribution is 2.29. The van der Waals surface area contributed by atoms with Crippen molar-refractivity contribution in [3.8, 4) is 11.8 Å². The lowest BCUT2D eigenvalue weighted by molar-refractivity contribution is 0.0460. The van der Waals surface area contributed by atoms with E-state index in [4.69, 9.17) is 5.11 Å². The third kappa shape index (κ3) is 3.87. The number of amides is 1. The van der Waals surface area contributed by atoms with Gasteiger partial charge in [0.15, 0.2) is 0 Å². The normalized spacial score (nSPS) is 25.3. The third-order valence-electron chi connectivity index (χ3n) is 4.12. The van der Waals surface area contributed by atoms with Crippen molar-refractivity contribution >= 4 is 17.2 Å². The Kier molecular flexibility index (Phi) is 5.44. The van der Waals surface area contributed by atoms with Gasteiger partial charge in [-0.1, -0.05) is 25.7 Å². The summed E-state index contributed by atoms with van der Waals surface area (Å²) in [5.74, 6) is 7.11. The van der Waals surface area contributed by atoms with Crippen molar-refractivity contribution in [3.05, 3.63) is 21.9 Å². The molecule has 0 saturated carbocycles. The van der Waals surface area contributed by atoms with Crippen LogP contribution in [0.1, 0.15) is 48.2 Å². The van der Waals surface area contributed by atoms with Gasteiger partial charge >= 0.3 is 0 Å². The molecule has 3 nitrogen and oxygen atoms in total. The molecule has 1 aromatic rings. The summed E-state index contributed by atoms with van der Waals surface area (Å²) < 4.78 is 0. The zero-order valence-corrected chi connectivity index (χ0v) is 13.7. The van der Waals surface area contributed by atoms with Crippen molar-refractivity contribution in [2.45, 2.75) is 39.7 Å². The SMILES string of the molecule is CC1CC(C)C(C)N(C(=O)c2ccc(C#CCCO)s2)C1. The van der Waals surface area contributed by atoms with Gasteiger partial charge in [-0.3, -0.25) is 4.79 Å². The quantitative estimate of drug-likeness (QED) is 0.853. The van der Waals surface area contributed by atoms with E-state index in [-0.39, 0.29) is 12.5 Å². The van der Waals surface area contributed by atoms with E-state index >= 15 is 0 Å². The second-order valence-corrected chi connectivity index (χ2v) is 7.04. The molecule has 4 heteroatoms. The summed E-state index contributed by atoms with van der Waals surface area (Å²) in [6.45, 7) is 7.49. The first-order valence-corrected chi connectivity index (χ1v) is 8.35. The van der Waals surface area contributed by atoms with Crippen LogP contribution < -0.4 is 0 Å². The summed E-state index contributed by atoms with van der Waals surface area (Å²) in [4.78, 5) is 16.3. The minimum absolute atomic E-state index is 0.0746. The van der Waals surface area contributed by atoms with E-state index in [2.05, 4.69) is 32.6 Å². The highest BCUT2D eigenvalue weighted by molar-refractivity contribution is 7.14. The molecule has 1 saturated heterocycles. The van der Waals surface area contributed by atoms with Crippen LogP contribution in [0.15, 0.2) is 12.1 Å². The van der Waals surface area contributed by atoms with Crippen molar-refractivity contribution in [3.63, 3.8) is 0 Å². The standard InChI is InChI=1S/C17H23NO2S/c1-12-10-13(2)14(3)18(11-12)17(20)16-8-7-15(21-16)6-4-5-9-19/h7-8,12-14,19H,5,9-11H2,1-3H3. The first-order chi connectivity index (χ1) is 10.0. The first kappa shape index (κ1) is 16.1. The fourth-order valence-electron chi connectivity index (χ4n) is 2.85. The molecule has 0 aromatic carbocycles. The Labute approximate surface area is 131 Å². The van der Waals surface area contributed by atoms with E-state index in [9.17, 15) is 4.79 Å². The molecule has 2 rings (SSSR count). The number of carbonyl (C=O) groups is 1. The zero-order chi connectivity index (χ0) is 15.4. The van der Waals surface area contributed by atoms with Crippen LogP contribution in [-0.2, 0) is 0 Å². The van der Waals surface area contributed by atoms with Crippen LogP contribution in [-0.4, -0.2) is 35.1 Å². The first-order valence-electron chi connectivity index (χ1n) is 7.53. The summed E-state index contributed by atoms with van der Waals surface area (Å²) in [6, 6.07) is 4.05. The van der Waals surface area contributed by atoms with Crippen LogP contribution in [0.25, 0.3) is 0 Å². The van der Waals surface area contributed by atoms with E-state index < -0.39 is 0 Å². The minimum Gasteiger partial charge on any atom is -0.395 e. The van der Waals surface area contributed by atoms with Crippen LogP contribution in [0, 0.1) is 23.7 Å². The molecule has 0 radical (unpaired) electrons. The Bertz CT molecular complexity index is 555. The molecule has 3 atom stereocenters. The lowest BCUT2D eigenvalue weighted by Gasteiger charge is -2.40. The molecule has 1 aromatic heterocycles. The van der Waals surface area contributed by atoms with E-state index in [0.29, 0.717) is 24.3 Å². The summed E-state index contributed by atoms with van der Waals surface area (Å²) in [5.41, 5.74) is 0. The predicted octanol–water partition coefficient (Wildman–Crippen LogP) is 2.99. The maximum absolute atomic E-state index is 12.7. The molecule has 1 N–H and O–H groups in total. The number of piperidine rings is 1. The Morgan fingerprint density at radius 3 is 2.90 bits per heavy atom. The Morgan fingerprint density at radius 1 is 1.43 bits per heavy atom. The number of carbonyl (C=O) groups excluding carboxylic acids is 1. The van der Waals surface area contributed by atoms with Crippen molar-refractivity contribution < 1.29 is 9.90 Å². The van der Waals surface area contributed by atoms with Gasteiger partial charge in [0, 0.05) is 19.0 Å². The predicted molar refractivity (Wildman–Crippen MR) is 86.3 cm³/mol. The number of thiophene rings is 1. The van der Waals surface area contributed by atoms with Crippen molar-refractivity contribution in [1.82, 2.24) is 4.90 Å². The largest absolute Gasteiger partial charge is 0.395 e. The van der Waals surface area contributed by atoms with Crippen molar-refractivity contribution in [2.24, 2.45) is 11.8 Å². The van der Waals surface area contributed by atoms with E-state index in [1.165, 1.54) is 17.8 Å². The molecule has 0 aliphatic carbocycles. The molecule has 21 heavy (non-hydrogen) atoms. The lowest BCUT2D eigenvalue weighted by atomic mass is 9.86. The maximum Gasteiger partial charge on any atom is 0.264 e. The van der Waals surface area contributed by atoms with Gasteiger partial charge in [0.05, 0.1) is 16.4 Å². The monoisotopic (exact) mass is 305 g/mol. The number of hydrogen-bond acceptors (Lipinski definition) is 3. The van der Waals surface area contributed by atoms with Crippen molar-refractivity contribution in [1.29, 1.82) is 0 Å². The summed E-state index contributed by atoms with van der Waals surface area (Å²) >= 11 is 1.44. The zero-order valence-electron chi connectivity index (χ0n) is 12.9. The summed E-state index contributed by atoms with van der Waals surface area (Å²) in [7, 11) is 0. The molecule has 0 bridgehead atoms. The molecule has 2 heterocycles. The van der Waals surface area contributed by atoms with Crippen LogP contribution in [0.5, 0.6) is 0 Å². The van der Waals surface area contributed by atoms with Crippen LogP contribution >= 0.6 is 11.3 Å². The van der Waals surface area contributed by atoms with Gasteiger partial charge in [-0.25, -0.2) is 0 Å². The van der Waals surface area contributed by atoms with Crippen LogP contribution in [0.4, 0.5) is 0 Å². The fourth-order valence-corrected chi connectivity index (χ4v) is 3.69. The average molecular weight is 305 g/mol. The number of rotatable bonds is 2. The Morgan fingerprint density at radius 2 is 2.19 bits per heavy atom. The number of hydrogen-bond donors (Lipinski definition) is 1. The Balaban J connectivity index is 2.11. The van der Waals surface area contributed by atoms with Gasteiger partial charge < -0.3 is 10.0 Å². The van der Waals surface area contributed by atoms with Gasteiger partial charge in [-0.2, -0.15) is 0 Å². The molecular weight excluding hydrogens is 282 g/mol. The molecule has 0 spiro atoms. The lowest BCUT2D eigenvalue weighted by Crippen LogP contribution is -2.48.